The van der Waals surface area contributed by atoms with Gasteiger partial charge >= 0.3 is 0 Å². The molecule has 1 atom stereocenters. The molecule has 0 saturated heterocycles. The van der Waals surface area contributed by atoms with Crippen molar-refractivity contribution in [3.8, 4) is 0 Å². The number of amides is 1. The summed E-state index contributed by atoms with van der Waals surface area (Å²) < 4.78 is 13.6. The number of hydrogen-bond donors (Lipinski definition) is 2. The SMILES string of the molecule is CC(C)C(S)C(=O)Nc1cc(F)ccc1Br. The first kappa shape index (κ1) is 13.5. The Morgan fingerprint density at radius 3 is 2.69 bits per heavy atom. The monoisotopic (exact) mass is 305 g/mol. The molecule has 1 amide bonds. The molecule has 0 aliphatic rings. The van der Waals surface area contributed by atoms with E-state index in [1.807, 2.05) is 13.8 Å². The average Bonchev–Trinajstić information content (AvgIpc) is 2.22. The number of thiol groups is 1. The van der Waals surface area contributed by atoms with Gasteiger partial charge in [-0.1, -0.05) is 13.8 Å². The van der Waals surface area contributed by atoms with E-state index in [1.54, 1.807) is 6.07 Å². The van der Waals surface area contributed by atoms with Crippen molar-refractivity contribution < 1.29 is 9.18 Å². The lowest BCUT2D eigenvalue weighted by Crippen LogP contribution is -2.27. The lowest BCUT2D eigenvalue weighted by Gasteiger charge is -2.15. The minimum Gasteiger partial charge on any atom is -0.324 e. The smallest absolute Gasteiger partial charge is 0.237 e. The molecule has 1 N–H and O–H groups in total. The number of benzene rings is 1. The van der Waals surface area contributed by atoms with Crippen molar-refractivity contribution in [2.24, 2.45) is 5.92 Å². The van der Waals surface area contributed by atoms with Crippen LogP contribution in [0.4, 0.5) is 10.1 Å². The van der Waals surface area contributed by atoms with Crippen LogP contribution in [0, 0.1) is 11.7 Å². The molecule has 0 aromatic heterocycles. The molecule has 16 heavy (non-hydrogen) atoms. The first-order valence-corrected chi connectivity index (χ1v) is 6.16. The molecular formula is C11H13BrFNOS. The Bertz CT molecular complexity index is 398. The highest BCUT2D eigenvalue weighted by atomic mass is 79.9. The lowest BCUT2D eigenvalue weighted by atomic mass is 10.1. The fourth-order valence-corrected chi connectivity index (χ4v) is 1.51. The molecule has 0 radical (unpaired) electrons. The molecular weight excluding hydrogens is 293 g/mol. The van der Waals surface area contributed by atoms with Crippen molar-refractivity contribution in [3.05, 3.63) is 28.5 Å². The van der Waals surface area contributed by atoms with E-state index < -0.39 is 11.1 Å². The van der Waals surface area contributed by atoms with E-state index in [4.69, 9.17) is 0 Å². The number of hydrogen-bond acceptors (Lipinski definition) is 2. The van der Waals surface area contributed by atoms with Crippen LogP contribution < -0.4 is 5.32 Å². The predicted molar refractivity (Wildman–Crippen MR) is 70.3 cm³/mol. The third kappa shape index (κ3) is 3.49. The Morgan fingerprint density at radius 1 is 1.50 bits per heavy atom. The summed E-state index contributed by atoms with van der Waals surface area (Å²) in [5.41, 5.74) is 0.421. The predicted octanol–water partition coefficient (Wildman–Crippen LogP) is 3.48. The second-order valence-electron chi connectivity index (χ2n) is 3.80. The summed E-state index contributed by atoms with van der Waals surface area (Å²) in [6, 6.07) is 4.14. The van der Waals surface area contributed by atoms with Crippen molar-refractivity contribution in [1.29, 1.82) is 0 Å². The van der Waals surface area contributed by atoms with Gasteiger partial charge in [-0.15, -0.1) is 0 Å². The standard InChI is InChI=1S/C11H13BrFNOS/c1-6(2)10(16)11(15)14-9-5-7(13)3-4-8(9)12/h3-6,10,16H,1-2H3,(H,14,15). The third-order valence-corrected chi connectivity index (χ3v) is 3.61. The fourth-order valence-electron chi connectivity index (χ4n) is 1.10. The Kier molecular flexibility index (Phi) is 4.80. The molecule has 1 aromatic carbocycles. The maximum absolute atomic E-state index is 13.0. The Labute approximate surface area is 108 Å². The van der Waals surface area contributed by atoms with Gasteiger partial charge < -0.3 is 5.32 Å². The zero-order valence-electron chi connectivity index (χ0n) is 9.00. The maximum Gasteiger partial charge on any atom is 0.237 e. The summed E-state index contributed by atoms with van der Waals surface area (Å²) in [5.74, 6) is -0.501. The van der Waals surface area contributed by atoms with Gasteiger partial charge in [0.25, 0.3) is 0 Å². The summed E-state index contributed by atoms with van der Waals surface area (Å²) in [6.07, 6.45) is 0. The normalized spacial score (nSPS) is 12.6. The molecule has 0 aliphatic carbocycles. The van der Waals surface area contributed by atoms with Crippen LogP contribution in [-0.4, -0.2) is 11.2 Å². The minimum atomic E-state index is -0.407. The average molecular weight is 306 g/mol. The highest BCUT2D eigenvalue weighted by Gasteiger charge is 2.18. The van der Waals surface area contributed by atoms with Gasteiger partial charge in [-0.25, -0.2) is 4.39 Å². The Balaban J connectivity index is 2.80. The Morgan fingerprint density at radius 2 is 2.12 bits per heavy atom. The van der Waals surface area contributed by atoms with E-state index in [1.165, 1.54) is 12.1 Å². The van der Waals surface area contributed by atoms with E-state index in [0.717, 1.165) is 0 Å². The van der Waals surface area contributed by atoms with Crippen LogP contribution in [0.3, 0.4) is 0 Å². The molecule has 0 heterocycles. The van der Waals surface area contributed by atoms with Gasteiger partial charge in [0.15, 0.2) is 0 Å². The zero-order valence-corrected chi connectivity index (χ0v) is 11.5. The quantitative estimate of drug-likeness (QED) is 0.823. The van der Waals surface area contributed by atoms with Gasteiger partial charge in [-0.3, -0.25) is 4.79 Å². The van der Waals surface area contributed by atoms with Gasteiger partial charge in [0.05, 0.1) is 10.9 Å². The zero-order chi connectivity index (χ0) is 12.3. The number of anilines is 1. The lowest BCUT2D eigenvalue weighted by molar-refractivity contribution is -0.116. The highest BCUT2D eigenvalue weighted by molar-refractivity contribution is 9.10. The van der Waals surface area contributed by atoms with Crippen molar-refractivity contribution in [3.63, 3.8) is 0 Å². The van der Waals surface area contributed by atoms with Gasteiger partial charge in [0.1, 0.15) is 5.82 Å². The number of rotatable bonds is 3. The number of halogens is 2. The second kappa shape index (κ2) is 5.68. The van der Waals surface area contributed by atoms with Crippen LogP contribution in [0.25, 0.3) is 0 Å². The van der Waals surface area contributed by atoms with Crippen molar-refractivity contribution in [2.75, 3.05) is 5.32 Å². The second-order valence-corrected chi connectivity index (χ2v) is 5.21. The number of carbonyl (C=O) groups excluding carboxylic acids is 1. The van der Waals surface area contributed by atoms with Crippen LogP contribution in [-0.2, 0) is 4.79 Å². The number of carbonyl (C=O) groups is 1. The van der Waals surface area contributed by atoms with Crippen LogP contribution in [0.2, 0.25) is 0 Å². The summed E-state index contributed by atoms with van der Waals surface area (Å²) in [4.78, 5) is 11.7. The van der Waals surface area contributed by atoms with E-state index in [2.05, 4.69) is 33.9 Å². The van der Waals surface area contributed by atoms with E-state index in [-0.39, 0.29) is 11.8 Å². The molecule has 0 aliphatic heterocycles. The molecule has 0 saturated carbocycles. The third-order valence-electron chi connectivity index (χ3n) is 2.09. The van der Waals surface area contributed by atoms with E-state index in [9.17, 15) is 9.18 Å². The van der Waals surface area contributed by atoms with E-state index >= 15 is 0 Å². The van der Waals surface area contributed by atoms with Gasteiger partial charge in [-0.05, 0) is 40.0 Å². The maximum atomic E-state index is 13.0. The molecule has 1 aromatic rings. The first-order valence-electron chi connectivity index (χ1n) is 4.86. The van der Waals surface area contributed by atoms with Crippen LogP contribution in [0.1, 0.15) is 13.8 Å². The molecule has 1 rings (SSSR count). The van der Waals surface area contributed by atoms with Crippen molar-refractivity contribution in [1.82, 2.24) is 0 Å². The number of nitrogens with one attached hydrogen (secondary N) is 1. The first-order chi connectivity index (χ1) is 7.41. The van der Waals surface area contributed by atoms with Crippen molar-refractivity contribution >= 4 is 40.2 Å². The van der Waals surface area contributed by atoms with Crippen LogP contribution in [0.5, 0.6) is 0 Å². The molecule has 0 bridgehead atoms. The topological polar surface area (TPSA) is 29.1 Å². The largest absolute Gasteiger partial charge is 0.324 e. The molecule has 2 nitrogen and oxygen atoms in total. The molecule has 1 unspecified atom stereocenters. The summed E-state index contributed by atoms with van der Waals surface area (Å²) in [5, 5.41) is 2.22. The van der Waals surface area contributed by atoms with Gasteiger partial charge in [-0.2, -0.15) is 12.6 Å². The van der Waals surface area contributed by atoms with Gasteiger partial charge in [0, 0.05) is 4.47 Å². The van der Waals surface area contributed by atoms with Crippen LogP contribution in [0.15, 0.2) is 22.7 Å². The van der Waals surface area contributed by atoms with Crippen molar-refractivity contribution in [2.45, 2.75) is 19.1 Å². The van der Waals surface area contributed by atoms with E-state index in [0.29, 0.717) is 10.2 Å². The summed E-state index contributed by atoms with van der Waals surface area (Å²) in [7, 11) is 0. The fraction of sp³-hybridized carbons (Fsp3) is 0.364. The molecule has 0 fully saturated rings. The van der Waals surface area contributed by atoms with Gasteiger partial charge in [0.2, 0.25) is 5.91 Å². The summed E-state index contributed by atoms with van der Waals surface area (Å²) in [6.45, 7) is 3.80. The molecule has 5 heteroatoms. The molecule has 88 valence electrons. The molecule has 0 spiro atoms. The van der Waals surface area contributed by atoms with Crippen LogP contribution >= 0.6 is 28.6 Å². The Hall–Kier alpha value is -0.550. The summed E-state index contributed by atoms with van der Waals surface area (Å²) >= 11 is 7.43. The highest BCUT2D eigenvalue weighted by Crippen LogP contribution is 2.24. The minimum absolute atomic E-state index is 0.121.